The lowest BCUT2D eigenvalue weighted by atomic mass is 10.3. The largest absolute Gasteiger partial charge is 0.391 e. The summed E-state index contributed by atoms with van der Waals surface area (Å²) in [6, 6.07) is 9.73. The third-order valence-electron chi connectivity index (χ3n) is 2.23. The lowest BCUT2D eigenvalue weighted by molar-refractivity contribution is 0.281. The second kappa shape index (κ2) is 5.65. The average molecular weight is 247 g/mol. The molecule has 0 saturated heterocycles. The van der Waals surface area contributed by atoms with E-state index in [0.717, 1.165) is 5.69 Å². The lowest BCUT2D eigenvalue weighted by Gasteiger charge is -2.09. The lowest BCUT2D eigenvalue weighted by Crippen LogP contribution is -2.01. The van der Waals surface area contributed by atoms with Gasteiger partial charge in [-0.2, -0.15) is 0 Å². The van der Waals surface area contributed by atoms with E-state index in [0.29, 0.717) is 16.5 Å². The van der Waals surface area contributed by atoms with Crippen LogP contribution in [0.4, 0.5) is 11.5 Å². The number of nitrogens with one attached hydrogen (secondary N) is 1. The molecule has 88 valence electrons. The SMILES string of the molecule is CSc1ncc(CO)c(Nc2ccccc2)n1. The molecule has 0 radical (unpaired) electrons. The van der Waals surface area contributed by atoms with Crippen molar-refractivity contribution in [2.45, 2.75) is 11.8 Å². The van der Waals surface area contributed by atoms with Gasteiger partial charge in [-0.15, -0.1) is 0 Å². The van der Waals surface area contributed by atoms with Crippen molar-refractivity contribution in [2.75, 3.05) is 11.6 Å². The van der Waals surface area contributed by atoms with Crippen molar-refractivity contribution in [1.82, 2.24) is 9.97 Å². The molecule has 0 aliphatic carbocycles. The van der Waals surface area contributed by atoms with Crippen molar-refractivity contribution in [3.8, 4) is 0 Å². The second-order valence-corrected chi connectivity index (χ2v) is 4.15. The Hall–Kier alpha value is -1.59. The highest BCUT2D eigenvalue weighted by molar-refractivity contribution is 7.98. The first-order chi connectivity index (χ1) is 8.33. The molecule has 0 spiro atoms. The Morgan fingerprint density at radius 2 is 2.06 bits per heavy atom. The Morgan fingerprint density at radius 3 is 2.71 bits per heavy atom. The Bertz CT molecular complexity index is 490. The summed E-state index contributed by atoms with van der Waals surface area (Å²) in [6.07, 6.45) is 3.56. The Labute approximate surface area is 104 Å². The maximum absolute atomic E-state index is 9.23. The first kappa shape index (κ1) is 11.9. The van der Waals surface area contributed by atoms with Crippen LogP contribution in [0.1, 0.15) is 5.56 Å². The Morgan fingerprint density at radius 1 is 1.29 bits per heavy atom. The van der Waals surface area contributed by atoms with E-state index in [1.165, 1.54) is 11.8 Å². The number of nitrogens with zero attached hydrogens (tertiary/aromatic N) is 2. The van der Waals surface area contributed by atoms with E-state index in [1.54, 1.807) is 6.20 Å². The fourth-order valence-corrected chi connectivity index (χ4v) is 1.71. The van der Waals surface area contributed by atoms with Gasteiger partial charge in [0.15, 0.2) is 5.16 Å². The summed E-state index contributed by atoms with van der Waals surface area (Å²) >= 11 is 1.47. The van der Waals surface area contributed by atoms with Crippen molar-refractivity contribution in [1.29, 1.82) is 0 Å². The van der Waals surface area contributed by atoms with E-state index in [-0.39, 0.29) is 6.61 Å². The first-order valence-electron chi connectivity index (χ1n) is 5.16. The molecule has 2 rings (SSSR count). The topological polar surface area (TPSA) is 58.0 Å². The van der Waals surface area contributed by atoms with Gasteiger partial charge in [0.05, 0.1) is 6.61 Å². The van der Waals surface area contributed by atoms with Gasteiger partial charge in [0, 0.05) is 17.4 Å². The highest BCUT2D eigenvalue weighted by Gasteiger charge is 2.06. The molecule has 5 heteroatoms. The summed E-state index contributed by atoms with van der Waals surface area (Å²) in [5.74, 6) is 0.651. The van der Waals surface area contributed by atoms with Gasteiger partial charge in [-0.3, -0.25) is 0 Å². The number of hydrogen-bond acceptors (Lipinski definition) is 5. The molecule has 0 amide bonds. The molecular weight excluding hydrogens is 234 g/mol. The first-order valence-corrected chi connectivity index (χ1v) is 6.39. The van der Waals surface area contributed by atoms with Crippen molar-refractivity contribution >= 4 is 23.3 Å². The second-order valence-electron chi connectivity index (χ2n) is 3.38. The normalized spacial score (nSPS) is 10.2. The Balaban J connectivity index is 2.30. The number of hydrogen-bond donors (Lipinski definition) is 2. The van der Waals surface area contributed by atoms with Crippen LogP contribution in [0.3, 0.4) is 0 Å². The molecule has 0 unspecified atom stereocenters. The molecule has 1 aromatic carbocycles. The van der Waals surface area contributed by atoms with Crippen LogP contribution in [0.2, 0.25) is 0 Å². The standard InChI is InChI=1S/C12H13N3OS/c1-17-12-13-7-9(8-16)11(15-12)14-10-5-3-2-4-6-10/h2-7,16H,8H2,1H3,(H,13,14,15). The van der Waals surface area contributed by atoms with Gasteiger partial charge >= 0.3 is 0 Å². The number of benzene rings is 1. The van der Waals surface area contributed by atoms with E-state index in [1.807, 2.05) is 36.6 Å². The molecule has 0 saturated carbocycles. The van der Waals surface area contributed by atoms with Crippen LogP contribution in [0.25, 0.3) is 0 Å². The highest BCUT2D eigenvalue weighted by atomic mass is 32.2. The van der Waals surface area contributed by atoms with Crippen molar-refractivity contribution in [3.05, 3.63) is 42.1 Å². The molecule has 4 nitrogen and oxygen atoms in total. The van der Waals surface area contributed by atoms with Crippen LogP contribution in [0.15, 0.2) is 41.7 Å². The van der Waals surface area contributed by atoms with Crippen LogP contribution in [0, 0.1) is 0 Å². The predicted molar refractivity (Wildman–Crippen MR) is 69.5 cm³/mol. The molecule has 0 atom stereocenters. The molecule has 2 N–H and O–H groups in total. The predicted octanol–water partition coefficient (Wildman–Crippen LogP) is 2.43. The van der Waals surface area contributed by atoms with Crippen LogP contribution in [-0.4, -0.2) is 21.3 Å². The van der Waals surface area contributed by atoms with E-state index in [9.17, 15) is 5.11 Å². The zero-order valence-electron chi connectivity index (χ0n) is 9.42. The Kier molecular flexibility index (Phi) is 3.95. The minimum atomic E-state index is -0.0795. The number of thioether (sulfide) groups is 1. The molecule has 2 aromatic rings. The number of anilines is 2. The van der Waals surface area contributed by atoms with Gasteiger partial charge in [-0.05, 0) is 18.4 Å². The van der Waals surface area contributed by atoms with Gasteiger partial charge in [0.2, 0.25) is 0 Å². The number of aliphatic hydroxyl groups is 1. The summed E-state index contributed by atoms with van der Waals surface area (Å²) in [5, 5.41) is 13.1. The van der Waals surface area contributed by atoms with Crippen LogP contribution >= 0.6 is 11.8 Å². The molecule has 1 heterocycles. The minimum absolute atomic E-state index is 0.0795. The number of rotatable bonds is 4. The highest BCUT2D eigenvalue weighted by Crippen LogP contribution is 2.20. The smallest absolute Gasteiger partial charge is 0.189 e. The molecule has 17 heavy (non-hydrogen) atoms. The summed E-state index contributed by atoms with van der Waals surface area (Å²) in [4.78, 5) is 8.46. The van der Waals surface area contributed by atoms with Gasteiger partial charge < -0.3 is 10.4 Å². The average Bonchev–Trinajstić information content (AvgIpc) is 2.40. The van der Waals surface area contributed by atoms with Crippen LogP contribution in [-0.2, 0) is 6.61 Å². The maximum Gasteiger partial charge on any atom is 0.189 e. The molecule has 0 aliphatic heterocycles. The molecule has 0 aliphatic rings. The van der Waals surface area contributed by atoms with Crippen molar-refractivity contribution < 1.29 is 5.11 Å². The van der Waals surface area contributed by atoms with Gasteiger partial charge in [0.25, 0.3) is 0 Å². The maximum atomic E-state index is 9.23. The van der Waals surface area contributed by atoms with Gasteiger partial charge in [-0.25, -0.2) is 9.97 Å². The van der Waals surface area contributed by atoms with Gasteiger partial charge in [0.1, 0.15) is 5.82 Å². The molecule has 1 aromatic heterocycles. The fraction of sp³-hybridized carbons (Fsp3) is 0.167. The third-order valence-corrected chi connectivity index (χ3v) is 2.79. The quantitative estimate of drug-likeness (QED) is 0.642. The van der Waals surface area contributed by atoms with E-state index < -0.39 is 0 Å². The van der Waals surface area contributed by atoms with Crippen molar-refractivity contribution in [3.63, 3.8) is 0 Å². The van der Waals surface area contributed by atoms with E-state index in [2.05, 4.69) is 15.3 Å². The molecular formula is C12H13N3OS. The summed E-state index contributed by atoms with van der Waals surface area (Å²) < 4.78 is 0. The number of aliphatic hydroxyl groups excluding tert-OH is 1. The van der Waals surface area contributed by atoms with Crippen LogP contribution in [0.5, 0.6) is 0 Å². The minimum Gasteiger partial charge on any atom is -0.391 e. The number of para-hydroxylation sites is 1. The third kappa shape index (κ3) is 2.95. The zero-order chi connectivity index (χ0) is 12.1. The van der Waals surface area contributed by atoms with Gasteiger partial charge in [-0.1, -0.05) is 30.0 Å². The molecule has 0 fully saturated rings. The monoisotopic (exact) mass is 247 g/mol. The summed E-state index contributed by atoms with van der Waals surface area (Å²) in [7, 11) is 0. The van der Waals surface area contributed by atoms with Crippen LogP contribution < -0.4 is 5.32 Å². The number of aromatic nitrogens is 2. The van der Waals surface area contributed by atoms with E-state index >= 15 is 0 Å². The summed E-state index contributed by atoms with van der Waals surface area (Å²) in [5.41, 5.74) is 1.62. The zero-order valence-corrected chi connectivity index (χ0v) is 10.2. The fourth-order valence-electron chi connectivity index (χ4n) is 1.37. The summed E-state index contributed by atoms with van der Waals surface area (Å²) in [6.45, 7) is -0.0795. The molecule has 0 bridgehead atoms. The van der Waals surface area contributed by atoms with E-state index in [4.69, 9.17) is 0 Å². The van der Waals surface area contributed by atoms with Crippen molar-refractivity contribution in [2.24, 2.45) is 0 Å².